The molecule has 0 spiro atoms. The van der Waals surface area contributed by atoms with E-state index in [0.29, 0.717) is 17.1 Å². The van der Waals surface area contributed by atoms with Crippen LogP contribution >= 0.6 is 0 Å². The van der Waals surface area contributed by atoms with E-state index in [-0.39, 0.29) is 12.3 Å². The number of pyridine rings is 1. The Balaban J connectivity index is 2.06. The smallest absolute Gasteiger partial charge is 0.309 e. The lowest BCUT2D eigenvalue weighted by molar-refractivity contribution is -0.136. The summed E-state index contributed by atoms with van der Waals surface area (Å²) < 4.78 is 1.60. The molecule has 0 aliphatic heterocycles. The number of nitrogens with zero attached hydrogens (tertiary/aromatic N) is 3. The first kappa shape index (κ1) is 12.7. The summed E-state index contributed by atoms with van der Waals surface area (Å²) in [4.78, 5) is 30.2. The maximum Gasteiger partial charge on any atom is 0.309 e. The highest BCUT2D eigenvalue weighted by Gasteiger charge is 2.10. The minimum Gasteiger partial charge on any atom is -0.481 e. The number of aliphatic carboxylic acids is 1. The standard InChI is InChI=1S/C12H12N4O3/c1-16-7-13-6-10(16)12(19)15-9-3-2-8(14-5-9)4-11(17)18/h2-3,5-7H,4H2,1H3,(H,15,19)(H,17,18). The molecule has 2 aromatic rings. The van der Waals surface area contributed by atoms with Crippen LogP contribution in [0.25, 0.3) is 0 Å². The number of carboxylic acid groups (broad SMARTS) is 1. The number of carbonyl (C=O) groups is 2. The molecule has 0 aliphatic rings. The number of aromatic nitrogens is 3. The molecule has 0 saturated carbocycles. The van der Waals surface area contributed by atoms with E-state index in [1.165, 1.54) is 18.7 Å². The van der Waals surface area contributed by atoms with Gasteiger partial charge in [-0.15, -0.1) is 0 Å². The number of nitrogens with one attached hydrogen (secondary N) is 1. The average Bonchev–Trinajstić information content (AvgIpc) is 2.77. The van der Waals surface area contributed by atoms with E-state index in [9.17, 15) is 9.59 Å². The van der Waals surface area contributed by atoms with Crippen LogP contribution in [0.4, 0.5) is 5.69 Å². The van der Waals surface area contributed by atoms with E-state index in [4.69, 9.17) is 5.11 Å². The Morgan fingerprint density at radius 3 is 2.68 bits per heavy atom. The van der Waals surface area contributed by atoms with Crippen LogP contribution in [0.3, 0.4) is 0 Å². The molecule has 0 aliphatic carbocycles. The van der Waals surface area contributed by atoms with Crippen molar-refractivity contribution < 1.29 is 14.7 Å². The molecule has 98 valence electrons. The van der Waals surface area contributed by atoms with E-state index in [1.54, 1.807) is 23.7 Å². The summed E-state index contributed by atoms with van der Waals surface area (Å²) in [6.07, 6.45) is 4.27. The van der Waals surface area contributed by atoms with Gasteiger partial charge in [0.15, 0.2) is 0 Å². The van der Waals surface area contributed by atoms with Gasteiger partial charge < -0.3 is 15.0 Å². The van der Waals surface area contributed by atoms with Crippen LogP contribution < -0.4 is 5.32 Å². The van der Waals surface area contributed by atoms with Gasteiger partial charge in [-0.05, 0) is 12.1 Å². The fraction of sp³-hybridized carbons (Fsp3) is 0.167. The Hall–Kier alpha value is -2.70. The quantitative estimate of drug-likeness (QED) is 0.843. The fourth-order valence-corrected chi connectivity index (χ4v) is 1.53. The second-order valence-corrected chi connectivity index (χ2v) is 3.95. The predicted molar refractivity (Wildman–Crippen MR) is 66.7 cm³/mol. The first-order valence-electron chi connectivity index (χ1n) is 5.50. The summed E-state index contributed by atoms with van der Waals surface area (Å²) in [7, 11) is 1.72. The molecule has 2 aromatic heterocycles. The molecule has 1 amide bonds. The minimum absolute atomic E-state index is 0.143. The van der Waals surface area contributed by atoms with Crippen molar-refractivity contribution in [3.05, 3.63) is 42.2 Å². The third-order valence-corrected chi connectivity index (χ3v) is 2.46. The van der Waals surface area contributed by atoms with Gasteiger partial charge in [-0.2, -0.15) is 0 Å². The molecule has 0 radical (unpaired) electrons. The Morgan fingerprint density at radius 1 is 1.37 bits per heavy atom. The number of rotatable bonds is 4. The Bertz CT molecular complexity index is 604. The second kappa shape index (κ2) is 5.30. The number of imidazole rings is 1. The third-order valence-electron chi connectivity index (χ3n) is 2.46. The zero-order chi connectivity index (χ0) is 13.8. The summed E-state index contributed by atoms with van der Waals surface area (Å²) in [6, 6.07) is 3.17. The van der Waals surface area contributed by atoms with Gasteiger partial charge in [0.2, 0.25) is 0 Å². The number of hydrogen-bond acceptors (Lipinski definition) is 4. The van der Waals surface area contributed by atoms with Crippen molar-refractivity contribution >= 4 is 17.6 Å². The lowest BCUT2D eigenvalue weighted by atomic mass is 10.2. The lowest BCUT2D eigenvalue weighted by Gasteiger charge is -2.05. The van der Waals surface area contributed by atoms with Crippen molar-refractivity contribution in [2.24, 2.45) is 7.05 Å². The Morgan fingerprint density at radius 2 is 2.16 bits per heavy atom. The maximum absolute atomic E-state index is 11.9. The monoisotopic (exact) mass is 260 g/mol. The molecule has 0 bridgehead atoms. The Kier molecular flexibility index (Phi) is 3.56. The molecule has 0 unspecified atom stereocenters. The molecule has 0 atom stereocenters. The largest absolute Gasteiger partial charge is 0.481 e. The van der Waals surface area contributed by atoms with Crippen LogP contribution in [0.5, 0.6) is 0 Å². The van der Waals surface area contributed by atoms with Crippen molar-refractivity contribution in [1.29, 1.82) is 0 Å². The first-order valence-corrected chi connectivity index (χ1v) is 5.50. The molecule has 7 heteroatoms. The SMILES string of the molecule is Cn1cncc1C(=O)Nc1ccc(CC(=O)O)nc1. The highest BCUT2D eigenvalue weighted by atomic mass is 16.4. The highest BCUT2D eigenvalue weighted by molar-refractivity contribution is 6.02. The second-order valence-electron chi connectivity index (χ2n) is 3.95. The summed E-state index contributed by atoms with van der Waals surface area (Å²) in [6.45, 7) is 0. The fourth-order valence-electron chi connectivity index (χ4n) is 1.53. The number of aryl methyl sites for hydroxylation is 1. The van der Waals surface area contributed by atoms with Gasteiger partial charge in [0, 0.05) is 7.05 Å². The van der Waals surface area contributed by atoms with Gasteiger partial charge >= 0.3 is 5.97 Å². The van der Waals surface area contributed by atoms with Crippen LogP contribution in [-0.2, 0) is 18.3 Å². The minimum atomic E-state index is -0.945. The number of carbonyl (C=O) groups excluding carboxylic acids is 1. The molecule has 2 rings (SSSR count). The van der Waals surface area contributed by atoms with Gasteiger partial charge in [-0.3, -0.25) is 14.6 Å². The summed E-state index contributed by atoms with van der Waals surface area (Å²) in [5.74, 6) is -1.24. The van der Waals surface area contributed by atoms with Crippen LogP contribution in [0, 0.1) is 0 Å². The lowest BCUT2D eigenvalue weighted by Crippen LogP contribution is -2.15. The van der Waals surface area contributed by atoms with E-state index < -0.39 is 5.97 Å². The molecule has 0 aromatic carbocycles. The van der Waals surface area contributed by atoms with Crippen LogP contribution in [0.2, 0.25) is 0 Å². The number of anilines is 1. The van der Waals surface area contributed by atoms with Crippen LogP contribution in [0.15, 0.2) is 30.9 Å². The summed E-state index contributed by atoms with van der Waals surface area (Å²) in [5.41, 5.74) is 1.36. The number of carboxylic acids is 1. The number of hydrogen-bond donors (Lipinski definition) is 2. The molecule has 0 saturated heterocycles. The summed E-state index contributed by atoms with van der Waals surface area (Å²) in [5, 5.41) is 11.3. The van der Waals surface area contributed by atoms with Gasteiger partial charge in [-0.25, -0.2) is 4.98 Å². The van der Waals surface area contributed by atoms with E-state index in [1.807, 2.05) is 0 Å². The molecule has 19 heavy (non-hydrogen) atoms. The normalized spacial score (nSPS) is 10.2. The van der Waals surface area contributed by atoms with E-state index in [0.717, 1.165) is 0 Å². The van der Waals surface area contributed by atoms with Gasteiger partial charge in [0.05, 0.1) is 36.5 Å². The zero-order valence-electron chi connectivity index (χ0n) is 10.2. The third kappa shape index (κ3) is 3.15. The van der Waals surface area contributed by atoms with Crippen LogP contribution in [-0.4, -0.2) is 31.5 Å². The van der Waals surface area contributed by atoms with Crippen LogP contribution in [0.1, 0.15) is 16.2 Å². The predicted octanol–water partition coefficient (Wildman–Crippen LogP) is 0.694. The van der Waals surface area contributed by atoms with Crippen molar-refractivity contribution in [3.8, 4) is 0 Å². The van der Waals surface area contributed by atoms with E-state index in [2.05, 4.69) is 15.3 Å². The first-order chi connectivity index (χ1) is 9.06. The van der Waals surface area contributed by atoms with Crippen molar-refractivity contribution in [1.82, 2.24) is 14.5 Å². The molecular weight excluding hydrogens is 248 g/mol. The number of amides is 1. The molecule has 2 heterocycles. The molecule has 7 nitrogen and oxygen atoms in total. The maximum atomic E-state index is 11.9. The van der Waals surface area contributed by atoms with Crippen molar-refractivity contribution in [2.45, 2.75) is 6.42 Å². The summed E-state index contributed by atoms with van der Waals surface area (Å²) >= 11 is 0. The molecule has 2 N–H and O–H groups in total. The van der Waals surface area contributed by atoms with Crippen molar-refractivity contribution in [2.75, 3.05) is 5.32 Å². The average molecular weight is 260 g/mol. The van der Waals surface area contributed by atoms with Crippen molar-refractivity contribution in [3.63, 3.8) is 0 Å². The van der Waals surface area contributed by atoms with Gasteiger partial charge in [0.25, 0.3) is 5.91 Å². The molecular formula is C12H12N4O3. The Labute approximate surface area is 108 Å². The zero-order valence-corrected chi connectivity index (χ0v) is 10.2. The molecule has 0 fully saturated rings. The highest BCUT2D eigenvalue weighted by Crippen LogP contribution is 2.09. The van der Waals surface area contributed by atoms with Gasteiger partial charge in [0.1, 0.15) is 5.69 Å². The van der Waals surface area contributed by atoms with E-state index >= 15 is 0 Å². The van der Waals surface area contributed by atoms with Gasteiger partial charge in [-0.1, -0.05) is 0 Å². The topological polar surface area (TPSA) is 97.1 Å².